The van der Waals surface area contributed by atoms with Gasteiger partial charge in [0.15, 0.2) is 0 Å². The molecule has 0 saturated heterocycles. The number of carbonyl (C=O) groups excluding carboxylic acids is 2. The molecule has 0 saturated carbocycles. The number of benzene rings is 1. The van der Waals surface area contributed by atoms with Crippen molar-refractivity contribution < 1.29 is 18.0 Å². The van der Waals surface area contributed by atoms with Gasteiger partial charge in [0.2, 0.25) is 10.0 Å². The second-order valence-electron chi connectivity index (χ2n) is 6.34. The zero-order valence-electron chi connectivity index (χ0n) is 14.1. The first-order valence-corrected chi connectivity index (χ1v) is 9.73. The van der Waals surface area contributed by atoms with Gasteiger partial charge in [0.25, 0.3) is 0 Å². The molecule has 2 amide bonds. The number of sulfonamides is 1. The van der Waals surface area contributed by atoms with Crippen LogP contribution in [-0.4, -0.2) is 39.6 Å². The van der Waals surface area contributed by atoms with Crippen LogP contribution in [0.5, 0.6) is 0 Å². The van der Waals surface area contributed by atoms with Gasteiger partial charge >= 0.3 is 11.8 Å². The average molecular weight is 353 g/mol. The largest absolute Gasteiger partial charge is 0.348 e. The summed E-state index contributed by atoms with van der Waals surface area (Å²) >= 11 is 0. The summed E-state index contributed by atoms with van der Waals surface area (Å²) in [6.45, 7) is 4.76. The lowest BCUT2D eigenvalue weighted by Crippen LogP contribution is -2.37. The molecule has 24 heavy (non-hydrogen) atoms. The minimum absolute atomic E-state index is 0.257. The Bertz CT molecular complexity index is 744. The third-order valence-electron chi connectivity index (χ3n) is 3.69. The fourth-order valence-electron chi connectivity index (χ4n) is 2.55. The van der Waals surface area contributed by atoms with Gasteiger partial charge in [-0.3, -0.25) is 13.9 Å². The summed E-state index contributed by atoms with van der Waals surface area (Å²) in [6.07, 6.45) is 2.62. The van der Waals surface area contributed by atoms with Crippen molar-refractivity contribution in [2.45, 2.75) is 26.7 Å². The number of aryl methyl sites for hydroxylation is 1. The molecule has 2 rings (SSSR count). The number of fused-ring (bicyclic) bond motifs is 1. The zero-order chi connectivity index (χ0) is 17.9. The van der Waals surface area contributed by atoms with Crippen LogP contribution in [0.3, 0.4) is 0 Å². The highest BCUT2D eigenvalue weighted by Gasteiger charge is 2.24. The van der Waals surface area contributed by atoms with Gasteiger partial charge in [-0.05, 0) is 42.5 Å². The Kier molecular flexibility index (Phi) is 5.48. The maximum Gasteiger partial charge on any atom is 0.313 e. The van der Waals surface area contributed by atoms with Gasteiger partial charge in [-0.1, -0.05) is 13.8 Å². The first-order valence-electron chi connectivity index (χ1n) is 7.88. The first kappa shape index (κ1) is 18.3. The number of nitrogens with one attached hydrogen (secondary N) is 2. The second kappa shape index (κ2) is 7.21. The molecule has 0 radical (unpaired) electrons. The van der Waals surface area contributed by atoms with Crippen LogP contribution in [0.1, 0.15) is 25.8 Å². The molecular weight excluding hydrogens is 330 g/mol. The van der Waals surface area contributed by atoms with Crippen LogP contribution in [0.25, 0.3) is 0 Å². The van der Waals surface area contributed by atoms with Crippen LogP contribution in [-0.2, 0) is 26.0 Å². The molecule has 132 valence electrons. The topological polar surface area (TPSA) is 95.6 Å². The molecule has 0 unspecified atom stereocenters. The standard InChI is InChI=1S/C16H23N3O4S/c1-11(2)10-17-15(20)16(21)18-13-6-7-14-12(9-13)5-4-8-19(14)24(3,22)23/h6-7,9,11H,4-5,8,10H2,1-3H3,(H,17,20)(H,18,21). The van der Waals surface area contributed by atoms with E-state index in [0.717, 1.165) is 12.0 Å². The summed E-state index contributed by atoms with van der Waals surface area (Å²) in [7, 11) is -3.32. The predicted molar refractivity (Wildman–Crippen MR) is 93.4 cm³/mol. The molecule has 1 aliphatic rings. The van der Waals surface area contributed by atoms with Gasteiger partial charge < -0.3 is 10.6 Å². The van der Waals surface area contributed by atoms with Crippen LogP contribution in [0.4, 0.5) is 11.4 Å². The van der Waals surface area contributed by atoms with Gasteiger partial charge in [-0.25, -0.2) is 8.42 Å². The van der Waals surface area contributed by atoms with Crippen molar-refractivity contribution in [3.63, 3.8) is 0 Å². The molecule has 0 aromatic heterocycles. The second-order valence-corrected chi connectivity index (χ2v) is 8.25. The molecule has 8 heteroatoms. The molecule has 1 aromatic rings. The number of hydrogen-bond acceptors (Lipinski definition) is 4. The van der Waals surface area contributed by atoms with Crippen LogP contribution < -0.4 is 14.9 Å². The molecule has 1 aliphatic heterocycles. The molecule has 0 aliphatic carbocycles. The Balaban J connectivity index is 2.11. The normalized spacial score (nSPS) is 14.2. The average Bonchev–Trinajstić information content (AvgIpc) is 2.50. The first-order chi connectivity index (χ1) is 11.2. The lowest BCUT2D eigenvalue weighted by Gasteiger charge is -2.29. The van der Waals surface area contributed by atoms with Crippen molar-refractivity contribution in [3.05, 3.63) is 23.8 Å². The Hall–Kier alpha value is -2.09. The van der Waals surface area contributed by atoms with E-state index in [1.807, 2.05) is 13.8 Å². The van der Waals surface area contributed by atoms with E-state index in [4.69, 9.17) is 0 Å². The van der Waals surface area contributed by atoms with Crippen molar-refractivity contribution in [3.8, 4) is 0 Å². The van der Waals surface area contributed by atoms with Crippen LogP contribution >= 0.6 is 0 Å². The van der Waals surface area contributed by atoms with Gasteiger partial charge in [0.1, 0.15) is 0 Å². The number of hydrogen-bond donors (Lipinski definition) is 2. The quantitative estimate of drug-likeness (QED) is 0.793. The van der Waals surface area contributed by atoms with E-state index in [2.05, 4.69) is 10.6 Å². The highest BCUT2D eigenvalue weighted by molar-refractivity contribution is 7.92. The Morgan fingerprint density at radius 1 is 1.25 bits per heavy atom. The molecule has 0 spiro atoms. The summed E-state index contributed by atoms with van der Waals surface area (Å²) in [5.74, 6) is -1.15. The number of rotatable bonds is 4. The van der Waals surface area contributed by atoms with E-state index in [-0.39, 0.29) is 5.92 Å². The van der Waals surface area contributed by atoms with E-state index in [1.165, 1.54) is 10.6 Å². The maximum absolute atomic E-state index is 11.9. The van der Waals surface area contributed by atoms with Crippen LogP contribution in [0.2, 0.25) is 0 Å². The number of anilines is 2. The molecule has 0 bridgehead atoms. The smallest absolute Gasteiger partial charge is 0.313 e. The molecule has 2 N–H and O–H groups in total. The summed E-state index contributed by atoms with van der Waals surface area (Å²) in [5, 5.41) is 5.10. The molecule has 7 nitrogen and oxygen atoms in total. The minimum Gasteiger partial charge on any atom is -0.348 e. The molecular formula is C16H23N3O4S. The monoisotopic (exact) mass is 353 g/mol. The third-order valence-corrected chi connectivity index (χ3v) is 4.87. The number of nitrogens with zero attached hydrogens (tertiary/aromatic N) is 1. The highest BCUT2D eigenvalue weighted by atomic mass is 32.2. The molecule has 0 atom stereocenters. The van der Waals surface area contributed by atoms with Crippen molar-refractivity contribution in [1.82, 2.24) is 5.32 Å². The van der Waals surface area contributed by atoms with Gasteiger partial charge in [-0.2, -0.15) is 0 Å². The summed E-state index contributed by atoms with van der Waals surface area (Å²) in [5.41, 5.74) is 1.95. The van der Waals surface area contributed by atoms with E-state index in [1.54, 1.807) is 18.2 Å². The Labute approximate surface area is 142 Å². The highest BCUT2D eigenvalue weighted by Crippen LogP contribution is 2.31. The van der Waals surface area contributed by atoms with Crippen molar-refractivity contribution in [2.75, 3.05) is 29.0 Å². The van der Waals surface area contributed by atoms with Gasteiger partial charge in [0.05, 0.1) is 11.9 Å². The molecule has 1 aromatic carbocycles. The van der Waals surface area contributed by atoms with Crippen LogP contribution in [0, 0.1) is 5.92 Å². The zero-order valence-corrected chi connectivity index (χ0v) is 14.9. The molecule has 1 heterocycles. The maximum atomic E-state index is 11.9. The fourth-order valence-corrected chi connectivity index (χ4v) is 3.55. The van der Waals surface area contributed by atoms with E-state index in [0.29, 0.717) is 30.9 Å². The minimum atomic E-state index is -3.32. The lowest BCUT2D eigenvalue weighted by molar-refractivity contribution is -0.136. The van der Waals surface area contributed by atoms with E-state index < -0.39 is 21.8 Å². The Morgan fingerprint density at radius 3 is 2.58 bits per heavy atom. The van der Waals surface area contributed by atoms with E-state index >= 15 is 0 Å². The van der Waals surface area contributed by atoms with E-state index in [9.17, 15) is 18.0 Å². The SMILES string of the molecule is CC(C)CNC(=O)C(=O)Nc1ccc2c(c1)CCCN2S(C)(=O)=O. The predicted octanol–water partition coefficient (Wildman–Crippen LogP) is 1.11. The van der Waals surface area contributed by atoms with Gasteiger partial charge in [-0.15, -0.1) is 0 Å². The summed E-state index contributed by atoms with van der Waals surface area (Å²) in [6, 6.07) is 4.99. The summed E-state index contributed by atoms with van der Waals surface area (Å²) in [4.78, 5) is 23.6. The Morgan fingerprint density at radius 2 is 1.96 bits per heavy atom. The lowest BCUT2D eigenvalue weighted by atomic mass is 10.0. The third kappa shape index (κ3) is 4.47. The number of amides is 2. The van der Waals surface area contributed by atoms with Gasteiger partial charge in [0, 0.05) is 18.8 Å². The van der Waals surface area contributed by atoms with Crippen molar-refractivity contribution in [2.24, 2.45) is 5.92 Å². The molecule has 0 fully saturated rings. The van der Waals surface area contributed by atoms with Crippen molar-refractivity contribution >= 4 is 33.2 Å². The van der Waals surface area contributed by atoms with Crippen molar-refractivity contribution in [1.29, 1.82) is 0 Å². The summed E-state index contributed by atoms with van der Waals surface area (Å²) < 4.78 is 25.0. The fraction of sp³-hybridized carbons (Fsp3) is 0.500. The number of carbonyl (C=O) groups is 2. The van der Waals surface area contributed by atoms with Crippen LogP contribution in [0.15, 0.2) is 18.2 Å².